The maximum atomic E-state index is 0. The molecule has 0 aliphatic carbocycles. The first-order valence-corrected chi connectivity index (χ1v) is 0. The van der Waals surface area contributed by atoms with Crippen LogP contribution in [0.5, 0.6) is 0 Å². The Bertz CT molecular complexity index is 8.75. The molecule has 36 valence electrons. The first kappa shape index (κ1) is 68.9. The van der Waals surface area contributed by atoms with Gasteiger partial charge in [-0.15, -0.1) is 0 Å². The van der Waals surface area contributed by atoms with Gasteiger partial charge >= 0.3 is 0 Å². The Balaban J connectivity index is 0. The molecular weight excluding hydrogens is 322 g/mol. The predicted octanol–water partition coefficient (Wildman–Crippen LogP) is -2.48. The predicted molar refractivity (Wildman–Crippen MR) is 10.8 cm³/mol. The Labute approximate surface area is 101 Å². The summed E-state index contributed by atoms with van der Waals surface area (Å²) in [5, 5.41) is 0. The molecule has 0 fully saturated rings. The minimum Gasteiger partial charge on any atom is -0.412 e. The molecular formula is H6MoO3Y2. The van der Waals surface area contributed by atoms with Crippen molar-refractivity contribution in [3.63, 3.8) is 0 Å². The van der Waals surface area contributed by atoms with Crippen LogP contribution in [0.3, 0.4) is 0 Å². The molecule has 2 radical (unpaired) electrons. The summed E-state index contributed by atoms with van der Waals surface area (Å²) in [6, 6.07) is 0. The van der Waals surface area contributed by atoms with E-state index in [4.69, 9.17) is 0 Å². The molecule has 0 bridgehead atoms. The van der Waals surface area contributed by atoms with Crippen molar-refractivity contribution < 1.29 is 103 Å². The SMILES string of the molecule is O.O.O.[Mo].[Y].[Y]. The molecule has 6 heavy (non-hydrogen) atoms. The molecule has 0 unspecified atom stereocenters. The molecule has 0 spiro atoms. The van der Waals surface area contributed by atoms with Gasteiger partial charge in [-0.25, -0.2) is 0 Å². The topological polar surface area (TPSA) is 94.5 Å². The van der Waals surface area contributed by atoms with Crippen LogP contribution in [-0.4, -0.2) is 16.4 Å². The first-order valence-electron chi connectivity index (χ1n) is 0. The van der Waals surface area contributed by atoms with Crippen molar-refractivity contribution in [1.82, 2.24) is 0 Å². The number of hydrogen-bond acceptors (Lipinski definition) is 0. The Morgan fingerprint density at radius 2 is 0.500 bits per heavy atom. The van der Waals surface area contributed by atoms with Crippen LogP contribution in [0.25, 0.3) is 0 Å². The van der Waals surface area contributed by atoms with Crippen LogP contribution >= 0.6 is 0 Å². The summed E-state index contributed by atoms with van der Waals surface area (Å²) < 4.78 is 0. The van der Waals surface area contributed by atoms with E-state index < -0.39 is 0 Å². The van der Waals surface area contributed by atoms with Gasteiger partial charge < -0.3 is 16.4 Å². The van der Waals surface area contributed by atoms with Crippen molar-refractivity contribution in [2.75, 3.05) is 0 Å². The smallest absolute Gasteiger partial charge is 0 e. The molecule has 0 amide bonds. The molecule has 0 rings (SSSR count). The fraction of sp³-hybridized carbons (Fsp3) is 0. The Morgan fingerprint density at radius 3 is 0.500 bits per heavy atom. The monoisotopic (exact) mass is 330 g/mol. The molecule has 0 aromatic rings. The van der Waals surface area contributed by atoms with Crippen LogP contribution in [0.1, 0.15) is 0 Å². The Kier molecular flexibility index (Phi) is 532. The molecule has 0 heterocycles. The van der Waals surface area contributed by atoms with Gasteiger partial charge in [0.05, 0.1) is 0 Å². The second-order valence-corrected chi connectivity index (χ2v) is 0. The molecule has 0 aliphatic heterocycles. The van der Waals surface area contributed by atoms with E-state index >= 15 is 0 Å². The summed E-state index contributed by atoms with van der Waals surface area (Å²) >= 11 is 0. The summed E-state index contributed by atoms with van der Waals surface area (Å²) in [6.07, 6.45) is 0. The summed E-state index contributed by atoms with van der Waals surface area (Å²) in [5.41, 5.74) is 0. The van der Waals surface area contributed by atoms with Gasteiger partial charge in [0.1, 0.15) is 0 Å². The number of hydrogen-bond donors (Lipinski definition) is 0. The maximum absolute atomic E-state index is 0. The van der Waals surface area contributed by atoms with Crippen LogP contribution in [0.4, 0.5) is 0 Å². The van der Waals surface area contributed by atoms with Crippen LogP contribution in [0.15, 0.2) is 0 Å². The van der Waals surface area contributed by atoms with E-state index in [0.717, 1.165) is 0 Å². The van der Waals surface area contributed by atoms with E-state index in [1.165, 1.54) is 0 Å². The van der Waals surface area contributed by atoms with Crippen LogP contribution in [-0.2, 0) is 86.5 Å². The largest absolute Gasteiger partial charge is 0.412 e. The summed E-state index contributed by atoms with van der Waals surface area (Å²) in [6.45, 7) is 0. The van der Waals surface area contributed by atoms with E-state index in [-0.39, 0.29) is 103 Å². The third kappa shape index (κ3) is 29.3. The zero-order valence-electron chi connectivity index (χ0n) is 3.06. The van der Waals surface area contributed by atoms with Crippen molar-refractivity contribution in [2.24, 2.45) is 0 Å². The van der Waals surface area contributed by atoms with Gasteiger partial charge in [-0.05, 0) is 0 Å². The van der Waals surface area contributed by atoms with Crippen LogP contribution in [0.2, 0.25) is 0 Å². The zero-order chi connectivity index (χ0) is 0. The van der Waals surface area contributed by atoms with Gasteiger partial charge in [0.25, 0.3) is 0 Å². The maximum Gasteiger partial charge on any atom is 0 e. The van der Waals surface area contributed by atoms with Gasteiger partial charge in [-0.1, -0.05) is 0 Å². The molecule has 3 nitrogen and oxygen atoms in total. The van der Waals surface area contributed by atoms with Gasteiger partial charge in [-0.2, -0.15) is 0 Å². The van der Waals surface area contributed by atoms with Crippen LogP contribution < -0.4 is 0 Å². The molecule has 0 aromatic carbocycles. The molecule has 6 N–H and O–H groups in total. The second-order valence-electron chi connectivity index (χ2n) is 0. The molecule has 6 heteroatoms. The average Bonchev–Trinajstić information content (AvgIpc) is 0. The van der Waals surface area contributed by atoms with Crippen molar-refractivity contribution in [1.29, 1.82) is 0 Å². The van der Waals surface area contributed by atoms with Gasteiger partial charge in [-0.3, -0.25) is 0 Å². The van der Waals surface area contributed by atoms with E-state index in [9.17, 15) is 0 Å². The summed E-state index contributed by atoms with van der Waals surface area (Å²) in [7, 11) is 0. The summed E-state index contributed by atoms with van der Waals surface area (Å²) in [4.78, 5) is 0. The standard InChI is InChI=1S/Mo.3H2O.2Y/h;3*1H2;;. The van der Waals surface area contributed by atoms with Crippen molar-refractivity contribution >= 4 is 0 Å². The Hall–Kier alpha value is 2.78. The van der Waals surface area contributed by atoms with Crippen molar-refractivity contribution in [3.8, 4) is 0 Å². The van der Waals surface area contributed by atoms with Crippen LogP contribution in [0, 0.1) is 0 Å². The van der Waals surface area contributed by atoms with Gasteiger partial charge in [0.2, 0.25) is 0 Å². The first-order chi connectivity index (χ1) is 0. The van der Waals surface area contributed by atoms with Crippen molar-refractivity contribution in [3.05, 3.63) is 0 Å². The normalized spacial score (nSPS) is 0. The van der Waals surface area contributed by atoms with Crippen molar-refractivity contribution in [2.45, 2.75) is 0 Å². The van der Waals surface area contributed by atoms with Gasteiger partial charge in [0.15, 0.2) is 0 Å². The fourth-order valence-corrected chi connectivity index (χ4v) is 0. The van der Waals surface area contributed by atoms with E-state index in [1.54, 1.807) is 0 Å². The van der Waals surface area contributed by atoms with E-state index in [1.807, 2.05) is 0 Å². The zero-order valence-corrected chi connectivity index (χ0v) is 10.7. The average molecular weight is 328 g/mol. The minimum absolute atomic E-state index is 0. The molecule has 0 atom stereocenters. The fourth-order valence-electron chi connectivity index (χ4n) is 0. The molecule has 0 aromatic heterocycles. The van der Waals surface area contributed by atoms with E-state index in [0.29, 0.717) is 0 Å². The van der Waals surface area contributed by atoms with Gasteiger partial charge in [0, 0.05) is 86.5 Å². The minimum atomic E-state index is 0. The third-order valence-corrected chi connectivity index (χ3v) is 0. The second kappa shape index (κ2) is 46.3. The van der Waals surface area contributed by atoms with E-state index in [2.05, 4.69) is 0 Å². The summed E-state index contributed by atoms with van der Waals surface area (Å²) in [5.74, 6) is 0. The quantitative estimate of drug-likeness (QED) is 0.441. The Morgan fingerprint density at radius 1 is 0.500 bits per heavy atom. The third-order valence-electron chi connectivity index (χ3n) is 0. The molecule has 0 saturated carbocycles. The number of rotatable bonds is 0. The molecule has 0 saturated heterocycles. The molecule has 0 aliphatic rings.